The molecule has 1 amide bonds. The summed E-state index contributed by atoms with van der Waals surface area (Å²) in [5, 5.41) is 21.5. The van der Waals surface area contributed by atoms with Crippen LogP contribution in [0.15, 0.2) is 41.6 Å². The second-order valence-corrected chi connectivity index (χ2v) is 6.81. The summed E-state index contributed by atoms with van der Waals surface area (Å²) in [6.45, 7) is 0. The molecule has 1 aromatic heterocycles. The van der Waals surface area contributed by atoms with E-state index in [1.807, 2.05) is 6.07 Å². The molecule has 0 aliphatic heterocycles. The van der Waals surface area contributed by atoms with Crippen LogP contribution in [0.25, 0.3) is 0 Å². The van der Waals surface area contributed by atoms with Gasteiger partial charge in [0.05, 0.1) is 33.5 Å². The monoisotopic (exact) mass is 353 g/mol. The quantitative estimate of drug-likeness (QED) is 0.772. The number of rotatable bonds is 6. The van der Waals surface area contributed by atoms with E-state index < -0.39 is 11.9 Å². The Hall–Kier alpha value is -2.85. The van der Waals surface area contributed by atoms with Crippen LogP contribution in [0.1, 0.15) is 39.1 Å². The average Bonchev–Trinajstić information content (AvgIpc) is 3.45. The molecule has 0 spiro atoms. The van der Waals surface area contributed by atoms with Crippen molar-refractivity contribution in [3.63, 3.8) is 0 Å². The number of carbonyl (C=O) groups excluding carboxylic acids is 1. The standard InChI is InChI=1S/C18H15N3O3S/c19-8-12-3-5-15(14(7-12)18(23)24)21-17(22)13-4-6-16(20-9-13)25-10-11-1-2-11/h3-7,9,11H,1-2,10H2,(H,21,22)(H,23,24). The van der Waals surface area contributed by atoms with Gasteiger partial charge in [-0.05, 0) is 49.1 Å². The summed E-state index contributed by atoms with van der Waals surface area (Å²) in [5.74, 6) is 0.183. The third-order valence-electron chi connectivity index (χ3n) is 3.79. The fraction of sp³-hybridized carbons (Fsp3) is 0.222. The number of pyridine rings is 1. The summed E-state index contributed by atoms with van der Waals surface area (Å²) >= 11 is 1.67. The number of carboxylic acids is 1. The van der Waals surface area contributed by atoms with Crippen LogP contribution in [0.5, 0.6) is 0 Å². The SMILES string of the molecule is N#Cc1ccc(NC(=O)c2ccc(SCC3CC3)nc2)c(C(=O)O)c1. The van der Waals surface area contributed by atoms with Gasteiger partial charge < -0.3 is 10.4 Å². The maximum Gasteiger partial charge on any atom is 0.337 e. The van der Waals surface area contributed by atoms with Crippen LogP contribution < -0.4 is 5.32 Å². The third-order valence-corrected chi connectivity index (χ3v) is 4.96. The lowest BCUT2D eigenvalue weighted by atomic mass is 10.1. The van der Waals surface area contributed by atoms with Crippen molar-refractivity contribution < 1.29 is 14.7 Å². The van der Waals surface area contributed by atoms with E-state index in [9.17, 15) is 14.7 Å². The Morgan fingerprint density at radius 3 is 2.72 bits per heavy atom. The number of anilines is 1. The first-order valence-corrected chi connectivity index (χ1v) is 8.73. The molecule has 1 aliphatic carbocycles. The summed E-state index contributed by atoms with van der Waals surface area (Å²) in [6.07, 6.45) is 4.04. The van der Waals surface area contributed by atoms with Crippen molar-refractivity contribution in [3.8, 4) is 6.07 Å². The fourth-order valence-corrected chi connectivity index (χ4v) is 3.21. The number of carbonyl (C=O) groups is 2. The lowest BCUT2D eigenvalue weighted by Gasteiger charge is -2.09. The first-order valence-electron chi connectivity index (χ1n) is 7.74. The number of amides is 1. The Balaban J connectivity index is 1.71. The number of aromatic carboxylic acids is 1. The zero-order chi connectivity index (χ0) is 17.8. The molecule has 25 heavy (non-hydrogen) atoms. The van der Waals surface area contributed by atoms with Crippen LogP contribution >= 0.6 is 11.8 Å². The van der Waals surface area contributed by atoms with Crippen molar-refractivity contribution in [2.24, 2.45) is 5.92 Å². The summed E-state index contributed by atoms with van der Waals surface area (Å²) in [6, 6.07) is 9.43. The lowest BCUT2D eigenvalue weighted by Crippen LogP contribution is -2.15. The summed E-state index contributed by atoms with van der Waals surface area (Å²) in [4.78, 5) is 27.9. The number of thioether (sulfide) groups is 1. The molecule has 1 aromatic carbocycles. The van der Waals surface area contributed by atoms with Crippen molar-refractivity contribution in [1.82, 2.24) is 4.98 Å². The van der Waals surface area contributed by atoms with Crippen molar-refractivity contribution in [1.29, 1.82) is 5.26 Å². The van der Waals surface area contributed by atoms with E-state index in [1.165, 1.54) is 37.2 Å². The number of benzene rings is 1. The van der Waals surface area contributed by atoms with E-state index >= 15 is 0 Å². The van der Waals surface area contributed by atoms with Gasteiger partial charge in [0.2, 0.25) is 0 Å². The van der Waals surface area contributed by atoms with E-state index in [0.717, 1.165) is 16.7 Å². The van der Waals surface area contributed by atoms with Crippen LogP contribution in [0.4, 0.5) is 5.69 Å². The first-order chi connectivity index (χ1) is 12.1. The highest BCUT2D eigenvalue weighted by Gasteiger charge is 2.21. The summed E-state index contributed by atoms with van der Waals surface area (Å²) in [5.41, 5.74) is 0.575. The van der Waals surface area contributed by atoms with Crippen LogP contribution in [-0.4, -0.2) is 27.7 Å². The Kier molecular flexibility index (Phi) is 5.00. The molecule has 1 heterocycles. The van der Waals surface area contributed by atoms with Gasteiger partial charge >= 0.3 is 5.97 Å². The smallest absolute Gasteiger partial charge is 0.337 e. The molecule has 3 rings (SSSR count). The van der Waals surface area contributed by atoms with Crippen LogP contribution in [0.3, 0.4) is 0 Å². The molecule has 6 nitrogen and oxygen atoms in total. The minimum atomic E-state index is -1.21. The second-order valence-electron chi connectivity index (χ2n) is 5.77. The molecular weight excluding hydrogens is 338 g/mol. The molecule has 2 N–H and O–H groups in total. The second kappa shape index (κ2) is 7.36. The zero-order valence-electron chi connectivity index (χ0n) is 13.2. The van der Waals surface area contributed by atoms with E-state index in [2.05, 4.69) is 10.3 Å². The van der Waals surface area contributed by atoms with Crippen LogP contribution in [0.2, 0.25) is 0 Å². The van der Waals surface area contributed by atoms with Gasteiger partial charge in [-0.25, -0.2) is 9.78 Å². The number of nitrogens with zero attached hydrogens (tertiary/aromatic N) is 2. The minimum Gasteiger partial charge on any atom is -0.478 e. The molecule has 126 valence electrons. The molecule has 0 atom stereocenters. The maximum atomic E-state index is 12.3. The first kappa shape index (κ1) is 17.0. The Bertz CT molecular complexity index is 855. The molecule has 1 fully saturated rings. The summed E-state index contributed by atoms with van der Waals surface area (Å²) in [7, 11) is 0. The van der Waals surface area contributed by atoms with Gasteiger partial charge in [-0.15, -0.1) is 11.8 Å². The molecule has 0 saturated heterocycles. The molecule has 0 bridgehead atoms. The average molecular weight is 353 g/mol. The highest BCUT2D eigenvalue weighted by Crippen LogP contribution is 2.34. The molecule has 1 saturated carbocycles. The molecule has 0 unspecified atom stereocenters. The number of nitrogens with one attached hydrogen (secondary N) is 1. The number of nitriles is 1. The van der Waals surface area contributed by atoms with Gasteiger partial charge in [0.1, 0.15) is 0 Å². The molecule has 0 radical (unpaired) electrons. The highest BCUT2D eigenvalue weighted by atomic mass is 32.2. The van der Waals surface area contributed by atoms with Gasteiger partial charge in [0.25, 0.3) is 5.91 Å². The third kappa shape index (κ3) is 4.37. The predicted molar refractivity (Wildman–Crippen MR) is 93.8 cm³/mol. The number of aromatic nitrogens is 1. The fourth-order valence-electron chi connectivity index (χ4n) is 2.18. The van der Waals surface area contributed by atoms with E-state index in [0.29, 0.717) is 5.56 Å². The number of carboxylic acid groups (broad SMARTS) is 1. The molecular formula is C18H15N3O3S. The van der Waals surface area contributed by atoms with Gasteiger partial charge in [-0.1, -0.05) is 0 Å². The molecule has 1 aliphatic rings. The maximum absolute atomic E-state index is 12.3. The van der Waals surface area contributed by atoms with Crippen molar-refractivity contribution in [3.05, 3.63) is 53.2 Å². The van der Waals surface area contributed by atoms with Crippen molar-refractivity contribution in [2.75, 3.05) is 11.1 Å². The summed E-state index contributed by atoms with van der Waals surface area (Å²) < 4.78 is 0. The lowest BCUT2D eigenvalue weighted by molar-refractivity contribution is 0.0698. The molecule has 7 heteroatoms. The zero-order valence-corrected chi connectivity index (χ0v) is 14.0. The Morgan fingerprint density at radius 1 is 1.32 bits per heavy atom. The van der Waals surface area contributed by atoms with Gasteiger partial charge in [0, 0.05) is 11.9 Å². The number of hydrogen-bond donors (Lipinski definition) is 2. The highest BCUT2D eigenvalue weighted by molar-refractivity contribution is 7.99. The molecule has 2 aromatic rings. The van der Waals surface area contributed by atoms with Crippen molar-refractivity contribution >= 4 is 29.3 Å². The van der Waals surface area contributed by atoms with Crippen LogP contribution in [0, 0.1) is 17.2 Å². The van der Waals surface area contributed by atoms with Gasteiger partial charge in [-0.2, -0.15) is 5.26 Å². The Labute approximate surface area is 148 Å². The van der Waals surface area contributed by atoms with Crippen LogP contribution in [-0.2, 0) is 0 Å². The largest absolute Gasteiger partial charge is 0.478 e. The van der Waals surface area contributed by atoms with E-state index in [1.54, 1.807) is 23.9 Å². The van der Waals surface area contributed by atoms with Gasteiger partial charge in [-0.3, -0.25) is 4.79 Å². The van der Waals surface area contributed by atoms with E-state index in [-0.39, 0.29) is 16.8 Å². The van der Waals surface area contributed by atoms with E-state index in [4.69, 9.17) is 5.26 Å². The van der Waals surface area contributed by atoms with Gasteiger partial charge in [0.15, 0.2) is 0 Å². The topological polar surface area (TPSA) is 103 Å². The van der Waals surface area contributed by atoms with Crippen molar-refractivity contribution in [2.45, 2.75) is 17.9 Å². The Morgan fingerprint density at radius 2 is 2.12 bits per heavy atom. The minimum absolute atomic E-state index is 0.128. The predicted octanol–water partition coefficient (Wildman–Crippen LogP) is 3.41. The normalized spacial score (nSPS) is 13.1. The number of hydrogen-bond acceptors (Lipinski definition) is 5.